The number of nitrogens with zero attached hydrogens (tertiary/aromatic N) is 2. The first-order valence-corrected chi connectivity index (χ1v) is 7.13. The second-order valence-corrected chi connectivity index (χ2v) is 5.50. The Kier molecular flexibility index (Phi) is 3.41. The molecule has 1 N–H and O–H groups in total. The van der Waals surface area contributed by atoms with E-state index in [2.05, 4.69) is 46.4 Å². The summed E-state index contributed by atoms with van der Waals surface area (Å²) >= 11 is 0. The van der Waals surface area contributed by atoms with Gasteiger partial charge in [-0.3, -0.25) is 0 Å². The van der Waals surface area contributed by atoms with Crippen LogP contribution in [0.3, 0.4) is 0 Å². The number of hydrogen-bond donors (Lipinski definition) is 1. The molecule has 1 atom stereocenters. The Morgan fingerprint density at radius 3 is 2.78 bits per heavy atom. The number of hydrogen-bond acceptors (Lipinski definition) is 3. The third kappa shape index (κ3) is 2.32. The fraction of sp³-hybridized carbons (Fsp3) is 0.600. The van der Waals surface area contributed by atoms with E-state index in [4.69, 9.17) is 0 Å². The van der Waals surface area contributed by atoms with Crippen molar-refractivity contribution in [3.8, 4) is 0 Å². The molecule has 18 heavy (non-hydrogen) atoms. The van der Waals surface area contributed by atoms with Crippen LogP contribution in [0.25, 0.3) is 0 Å². The molecular formula is C15H23N3. The standard InChI is InChI=1S/C15H23N3/c1-17-10-11-18(12-13-6-4-5-9-16-13)15-8-3-2-7-14(15)17/h2-3,7-8,13,16H,4-6,9-12H2,1H3. The van der Waals surface area contributed by atoms with Gasteiger partial charge in [0.05, 0.1) is 11.4 Å². The topological polar surface area (TPSA) is 18.5 Å². The van der Waals surface area contributed by atoms with Crippen molar-refractivity contribution in [1.29, 1.82) is 0 Å². The van der Waals surface area contributed by atoms with Crippen molar-refractivity contribution in [2.45, 2.75) is 25.3 Å². The molecule has 1 saturated heterocycles. The average molecular weight is 245 g/mol. The first kappa shape index (κ1) is 11.8. The van der Waals surface area contributed by atoms with Crippen molar-refractivity contribution in [1.82, 2.24) is 5.32 Å². The molecule has 0 saturated carbocycles. The first-order valence-electron chi connectivity index (χ1n) is 7.13. The summed E-state index contributed by atoms with van der Waals surface area (Å²) in [6.07, 6.45) is 4.05. The van der Waals surface area contributed by atoms with Crippen molar-refractivity contribution in [3.63, 3.8) is 0 Å². The second kappa shape index (κ2) is 5.19. The van der Waals surface area contributed by atoms with Crippen LogP contribution in [0.15, 0.2) is 24.3 Å². The molecule has 1 unspecified atom stereocenters. The highest BCUT2D eigenvalue weighted by atomic mass is 15.3. The maximum atomic E-state index is 3.65. The summed E-state index contributed by atoms with van der Waals surface area (Å²) in [6.45, 7) is 4.63. The van der Waals surface area contributed by atoms with Gasteiger partial charge < -0.3 is 15.1 Å². The molecular weight excluding hydrogens is 222 g/mol. The fourth-order valence-corrected chi connectivity index (χ4v) is 3.10. The summed E-state index contributed by atoms with van der Waals surface area (Å²) in [7, 11) is 2.19. The molecule has 2 aliphatic heterocycles. The van der Waals surface area contributed by atoms with Crippen LogP contribution in [0.5, 0.6) is 0 Å². The molecule has 1 fully saturated rings. The van der Waals surface area contributed by atoms with Gasteiger partial charge in [-0.15, -0.1) is 0 Å². The molecule has 3 heteroatoms. The highest BCUT2D eigenvalue weighted by molar-refractivity contribution is 5.73. The molecule has 0 radical (unpaired) electrons. The molecule has 1 aromatic rings. The van der Waals surface area contributed by atoms with E-state index in [1.807, 2.05) is 0 Å². The zero-order valence-electron chi connectivity index (χ0n) is 11.2. The minimum absolute atomic E-state index is 0.676. The third-order valence-electron chi connectivity index (χ3n) is 4.19. The van der Waals surface area contributed by atoms with Crippen molar-refractivity contribution in [2.75, 3.05) is 43.0 Å². The van der Waals surface area contributed by atoms with E-state index in [0.29, 0.717) is 6.04 Å². The largest absolute Gasteiger partial charge is 0.371 e. The minimum atomic E-state index is 0.676. The maximum Gasteiger partial charge on any atom is 0.0605 e. The quantitative estimate of drug-likeness (QED) is 0.860. The maximum absolute atomic E-state index is 3.65. The van der Waals surface area contributed by atoms with Gasteiger partial charge in [0.25, 0.3) is 0 Å². The van der Waals surface area contributed by atoms with Gasteiger partial charge in [-0.05, 0) is 31.5 Å². The number of likely N-dealkylation sites (N-methyl/N-ethyl adjacent to an activating group) is 1. The summed E-state index contributed by atoms with van der Waals surface area (Å²) in [6, 6.07) is 9.45. The molecule has 0 amide bonds. The molecule has 98 valence electrons. The molecule has 1 aromatic carbocycles. The predicted octanol–water partition coefficient (Wildman–Crippen LogP) is 2.08. The van der Waals surface area contributed by atoms with Gasteiger partial charge >= 0.3 is 0 Å². The summed E-state index contributed by atoms with van der Waals surface area (Å²) in [4.78, 5) is 4.92. The van der Waals surface area contributed by atoms with Crippen LogP contribution in [-0.2, 0) is 0 Å². The van der Waals surface area contributed by atoms with Crippen molar-refractivity contribution >= 4 is 11.4 Å². The number of fused-ring (bicyclic) bond motifs is 1. The summed E-state index contributed by atoms with van der Waals surface area (Å²) in [5, 5.41) is 3.65. The van der Waals surface area contributed by atoms with Gasteiger partial charge in [0.15, 0.2) is 0 Å². The van der Waals surface area contributed by atoms with E-state index < -0.39 is 0 Å². The fourth-order valence-electron chi connectivity index (χ4n) is 3.10. The molecule has 2 heterocycles. The minimum Gasteiger partial charge on any atom is -0.371 e. The van der Waals surface area contributed by atoms with Gasteiger partial charge in [-0.2, -0.15) is 0 Å². The van der Waals surface area contributed by atoms with Gasteiger partial charge in [-0.1, -0.05) is 18.6 Å². The van der Waals surface area contributed by atoms with Crippen LogP contribution in [-0.4, -0.2) is 39.3 Å². The van der Waals surface area contributed by atoms with Crippen LogP contribution in [0.1, 0.15) is 19.3 Å². The Morgan fingerprint density at radius 2 is 2.00 bits per heavy atom. The van der Waals surface area contributed by atoms with Gasteiger partial charge in [-0.25, -0.2) is 0 Å². The number of nitrogens with one attached hydrogen (secondary N) is 1. The predicted molar refractivity (Wildman–Crippen MR) is 77.6 cm³/mol. The first-order chi connectivity index (χ1) is 8.84. The van der Waals surface area contributed by atoms with Crippen molar-refractivity contribution < 1.29 is 0 Å². The number of rotatable bonds is 2. The lowest BCUT2D eigenvalue weighted by Crippen LogP contribution is -2.48. The lowest BCUT2D eigenvalue weighted by atomic mass is 10.0. The van der Waals surface area contributed by atoms with E-state index in [1.54, 1.807) is 0 Å². The normalized spacial score (nSPS) is 23.9. The monoisotopic (exact) mass is 245 g/mol. The Balaban J connectivity index is 1.75. The summed E-state index contributed by atoms with van der Waals surface area (Å²) in [5.41, 5.74) is 2.78. The van der Waals surface area contributed by atoms with E-state index in [-0.39, 0.29) is 0 Å². The molecule has 0 bridgehead atoms. The number of benzene rings is 1. The van der Waals surface area contributed by atoms with Gasteiger partial charge in [0, 0.05) is 32.7 Å². The van der Waals surface area contributed by atoms with Crippen LogP contribution < -0.4 is 15.1 Å². The molecule has 2 aliphatic rings. The zero-order valence-corrected chi connectivity index (χ0v) is 11.2. The van der Waals surface area contributed by atoms with E-state index in [0.717, 1.165) is 19.6 Å². The highest BCUT2D eigenvalue weighted by Gasteiger charge is 2.23. The Labute approximate surface area is 110 Å². The smallest absolute Gasteiger partial charge is 0.0605 e. The Morgan fingerprint density at radius 1 is 1.17 bits per heavy atom. The van der Waals surface area contributed by atoms with Crippen LogP contribution in [0.4, 0.5) is 11.4 Å². The SMILES string of the molecule is CN1CCN(CC2CCCCN2)c2ccccc21. The molecule has 3 nitrogen and oxygen atoms in total. The zero-order chi connectivity index (χ0) is 12.4. The Bertz CT molecular complexity index is 398. The Hall–Kier alpha value is -1.22. The number of para-hydroxylation sites is 2. The van der Waals surface area contributed by atoms with E-state index in [9.17, 15) is 0 Å². The van der Waals surface area contributed by atoms with E-state index in [1.165, 1.54) is 37.2 Å². The average Bonchev–Trinajstić information content (AvgIpc) is 2.44. The molecule has 0 aliphatic carbocycles. The number of anilines is 2. The molecule has 0 aromatic heterocycles. The molecule has 3 rings (SSSR count). The van der Waals surface area contributed by atoms with Crippen molar-refractivity contribution in [3.05, 3.63) is 24.3 Å². The van der Waals surface area contributed by atoms with Crippen molar-refractivity contribution in [2.24, 2.45) is 0 Å². The lowest BCUT2D eigenvalue weighted by molar-refractivity contribution is 0.398. The summed E-state index contributed by atoms with van der Waals surface area (Å²) in [5.74, 6) is 0. The number of piperidine rings is 1. The van der Waals surface area contributed by atoms with Gasteiger partial charge in [0.1, 0.15) is 0 Å². The van der Waals surface area contributed by atoms with Crippen LogP contribution in [0.2, 0.25) is 0 Å². The molecule has 0 spiro atoms. The summed E-state index contributed by atoms with van der Waals surface area (Å²) < 4.78 is 0. The lowest BCUT2D eigenvalue weighted by Gasteiger charge is -2.39. The highest BCUT2D eigenvalue weighted by Crippen LogP contribution is 2.32. The van der Waals surface area contributed by atoms with E-state index >= 15 is 0 Å². The second-order valence-electron chi connectivity index (χ2n) is 5.50. The van der Waals surface area contributed by atoms with Gasteiger partial charge in [0.2, 0.25) is 0 Å². The van der Waals surface area contributed by atoms with Crippen LogP contribution in [0, 0.1) is 0 Å². The van der Waals surface area contributed by atoms with Crippen LogP contribution >= 0.6 is 0 Å². The third-order valence-corrected chi connectivity index (χ3v) is 4.19.